The number of aliphatic hydroxyl groups is 1. The van der Waals surface area contributed by atoms with Gasteiger partial charge in [-0.15, -0.1) is 11.3 Å². The predicted molar refractivity (Wildman–Crippen MR) is 69.0 cm³/mol. The fourth-order valence-corrected chi connectivity index (χ4v) is 2.44. The molecule has 2 nitrogen and oxygen atoms in total. The molecule has 0 aliphatic rings. The van der Waals surface area contributed by atoms with Crippen molar-refractivity contribution < 1.29 is 5.11 Å². The lowest BCUT2D eigenvalue weighted by molar-refractivity contribution is 0.282. The highest BCUT2D eigenvalue weighted by atomic mass is 35.5. The number of halogens is 1. The van der Waals surface area contributed by atoms with Crippen molar-refractivity contribution in [3.05, 3.63) is 51.2 Å². The largest absolute Gasteiger partial charge is 0.392 e. The van der Waals surface area contributed by atoms with Crippen molar-refractivity contribution in [1.29, 1.82) is 0 Å². The van der Waals surface area contributed by atoms with Gasteiger partial charge >= 0.3 is 0 Å². The second-order valence-electron chi connectivity index (χ2n) is 3.42. The van der Waals surface area contributed by atoms with Crippen LogP contribution < -0.4 is 5.32 Å². The van der Waals surface area contributed by atoms with Crippen LogP contribution in [0.2, 0.25) is 4.34 Å². The Morgan fingerprint density at radius 2 is 2.12 bits per heavy atom. The Labute approximate surface area is 104 Å². The van der Waals surface area contributed by atoms with E-state index in [-0.39, 0.29) is 6.61 Å². The third-order valence-corrected chi connectivity index (χ3v) is 3.44. The van der Waals surface area contributed by atoms with Crippen LogP contribution in [-0.2, 0) is 13.2 Å². The van der Waals surface area contributed by atoms with E-state index in [2.05, 4.69) is 5.32 Å². The average molecular weight is 254 g/mol. The predicted octanol–water partition coefficient (Wildman–Crippen LogP) is 3.51. The van der Waals surface area contributed by atoms with E-state index in [1.807, 2.05) is 36.4 Å². The van der Waals surface area contributed by atoms with Gasteiger partial charge < -0.3 is 10.4 Å². The lowest BCUT2D eigenvalue weighted by Crippen LogP contribution is -1.97. The summed E-state index contributed by atoms with van der Waals surface area (Å²) in [7, 11) is 0. The van der Waals surface area contributed by atoms with Crippen LogP contribution in [0, 0.1) is 0 Å². The Bertz CT molecular complexity index is 470. The Morgan fingerprint density at radius 3 is 2.81 bits per heavy atom. The molecule has 16 heavy (non-hydrogen) atoms. The molecule has 0 saturated carbocycles. The number of rotatable bonds is 4. The van der Waals surface area contributed by atoms with E-state index < -0.39 is 0 Å². The molecule has 2 aromatic rings. The van der Waals surface area contributed by atoms with Gasteiger partial charge in [0.1, 0.15) is 0 Å². The molecular formula is C12H12ClNOS. The van der Waals surface area contributed by atoms with Crippen molar-refractivity contribution in [2.24, 2.45) is 0 Å². The SMILES string of the molecule is OCc1cccc(NCc2ccc(Cl)s2)c1. The average Bonchev–Trinajstić information content (AvgIpc) is 2.73. The van der Waals surface area contributed by atoms with E-state index in [4.69, 9.17) is 16.7 Å². The Morgan fingerprint density at radius 1 is 1.25 bits per heavy atom. The van der Waals surface area contributed by atoms with Gasteiger partial charge in [-0.25, -0.2) is 0 Å². The van der Waals surface area contributed by atoms with Gasteiger partial charge in [0.05, 0.1) is 10.9 Å². The molecule has 84 valence electrons. The normalized spacial score (nSPS) is 10.4. The van der Waals surface area contributed by atoms with Crippen LogP contribution in [0.5, 0.6) is 0 Å². The summed E-state index contributed by atoms with van der Waals surface area (Å²) in [4.78, 5) is 1.19. The fraction of sp³-hybridized carbons (Fsp3) is 0.167. The number of benzene rings is 1. The molecule has 1 aromatic heterocycles. The first-order valence-corrected chi connectivity index (χ1v) is 6.15. The topological polar surface area (TPSA) is 32.3 Å². The molecule has 2 N–H and O–H groups in total. The molecule has 0 spiro atoms. The van der Waals surface area contributed by atoms with Gasteiger partial charge in [0.15, 0.2) is 0 Å². The van der Waals surface area contributed by atoms with Crippen molar-refractivity contribution >= 4 is 28.6 Å². The highest BCUT2D eigenvalue weighted by Crippen LogP contribution is 2.22. The standard InChI is InChI=1S/C12H12ClNOS/c13-12-5-4-11(16-12)7-14-10-3-1-2-9(6-10)8-15/h1-6,14-15H,7-8H2. The summed E-state index contributed by atoms with van der Waals surface area (Å²) in [5.74, 6) is 0. The summed E-state index contributed by atoms with van der Waals surface area (Å²) >= 11 is 7.42. The highest BCUT2D eigenvalue weighted by molar-refractivity contribution is 7.16. The highest BCUT2D eigenvalue weighted by Gasteiger charge is 1.98. The quantitative estimate of drug-likeness (QED) is 0.874. The third kappa shape index (κ3) is 2.98. The molecule has 2 rings (SSSR count). The maximum Gasteiger partial charge on any atom is 0.0931 e. The smallest absolute Gasteiger partial charge is 0.0931 e. The lowest BCUT2D eigenvalue weighted by atomic mass is 10.2. The molecule has 0 aliphatic carbocycles. The fourth-order valence-electron chi connectivity index (χ4n) is 1.42. The Kier molecular flexibility index (Phi) is 3.83. The third-order valence-electron chi connectivity index (χ3n) is 2.21. The Balaban J connectivity index is 1.99. The van der Waals surface area contributed by atoms with Gasteiger partial charge in [0.25, 0.3) is 0 Å². The number of hydrogen-bond acceptors (Lipinski definition) is 3. The molecule has 4 heteroatoms. The maximum absolute atomic E-state index is 9.01. The number of nitrogens with one attached hydrogen (secondary N) is 1. The van der Waals surface area contributed by atoms with E-state index >= 15 is 0 Å². The van der Waals surface area contributed by atoms with Crippen LogP contribution in [0.3, 0.4) is 0 Å². The van der Waals surface area contributed by atoms with Gasteiger partial charge in [-0.1, -0.05) is 23.7 Å². The minimum atomic E-state index is 0.0698. The molecule has 0 fully saturated rings. The molecule has 0 radical (unpaired) electrons. The van der Waals surface area contributed by atoms with Gasteiger partial charge in [-0.3, -0.25) is 0 Å². The van der Waals surface area contributed by atoms with E-state index in [9.17, 15) is 0 Å². The van der Waals surface area contributed by atoms with Gasteiger partial charge in [-0.2, -0.15) is 0 Å². The van der Waals surface area contributed by atoms with Crippen LogP contribution in [0.25, 0.3) is 0 Å². The molecule has 0 unspecified atom stereocenters. The molecular weight excluding hydrogens is 242 g/mol. The number of aliphatic hydroxyl groups excluding tert-OH is 1. The zero-order valence-electron chi connectivity index (χ0n) is 8.61. The van der Waals surface area contributed by atoms with Crippen molar-refractivity contribution in [3.8, 4) is 0 Å². The number of thiophene rings is 1. The lowest BCUT2D eigenvalue weighted by Gasteiger charge is -2.05. The van der Waals surface area contributed by atoms with Crippen molar-refractivity contribution in [2.45, 2.75) is 13.2 Å². The Hall–Kier alpha value is -1.03. The molecule has 0 bridgehead atoms. The number of hydrogen-bond donors (Lipinski definition) is 2. The minimum absolute atomic E-state index is 0.0698. The zero-order valence-corrected chi connectivity index (χ0v) is 10.2. The van der Waals surface area contributed by atoms with Crippen LogP contribution in [0.1, 0.15) is 10.4 Å². The summed E-state index contributed by atoms with van der Waals surface area (Å²) in [6.45, 7) is 0.826. The summed E-state index contributed by atoms with van der Waals surface area (Å²) < 4.78 is 0.806. The number of anilines is 1. The van der Waals surface area contributed by atoms with Gasteiger partial charge in [-0.05, 0) is 29.8 Å². The molecule has 0 saturated heterocycles. The first-order valence-electron chi connectivity index (χ1n) is 4.96. The molecule has 0 atom stereocenters. The van der Waals surface area contributed by atoms with Crippen molar-refractivity contribution in [2.75, 3.05) is 5.32 Å². The summed E-state index contributed by atoms with van der Waals surface area (Å²) in [6.07, 6.45) is 0. The molecule has 0 aliphatic heterocycles. The van der Waals surface area contributed by atoms with Crippen molar-refractivity contribution in [3.63, 3.8) is 0 Å². The van der Waals surface area contributed by atoms with E-state index in [0.717, 1.165) is 22.1 Å². The molecule has 0 amide bonds. The van der Waals surface area contributed by atoms with E-state index in [0.29, 0.717) is 0 Å². The first-order chi connectivity index (χ1) is 7.78. The van der Waals surface area contributed by atoms with E-state index in [1.54, 1.807) is 11.3 Å². The van der Waals surface area contributed by atoms with Crippen LogP contribution in [0.15, 0.2) is 36.4 Å². The van der Waals surface area contributed by atoms with E-state index in [1.165, 1.54) is 4.88 Å². The molecule has 1 heterocycles. The second-order valence-corrected chi connectivity index (χ2v) is 5.22. The van der Waals surface area contributed by atoms with Crippen LogP contribution in [-0.4, -0.2) is 5.11 Å². The summed E-state index contributed by atoms with van der Waals surface area (Å²) in [5, 5.41) is 12.3. The second kappa shape index (κ2) is 5.34. The molecule has 1 aromatic carbocycles. The monoisotopic (exact) mass is 253 g/mol. The van der Waals surface area contributed by atoms with Gasteiger partial charge in [0.2, 0.25) is 0 Å². The zero-order chi connectivity index (χ0) is 11.4. The minimum Gasteiger partial charge on any atom is -0.392 e. The summed E-state index contributed by atoms with van der Waals surface area (Å²) in [5.41, 5.74) is 1.92. The first kappa shape index (κ1) is 11.5. The maximum atomic E-state index is 9.01. The van der Waals surface area contributed by atoms with Crippen LogP contribution >= 0.6 is 22.9 Å². The summed E-state index contributed by atoms with van der Waals surface area (Å²) in [6, 6.07) is 11.6. The van der Waals surface area contributed by atoms with Crippen molar-refractivity contribution in [1.82, 2.24) is 0 Å². The van der Waals surface area contributed by atoms with Gasteiger partial charge in [0, 0.05) is 17.1 Å². The van der Waals surface area contributed by atoms with Crippen LogP contribution in [0.4, 0.5) is 5.69 Å².